The first-order valence-electron chi connectivity index (χ1n) is 5.13. The van der Waals surface area contributed by atoms with Crippen LogP contribution in [-0.4, -0.2) is 11.5 Å². The Hall–Kier alpha value is -1.13. The summed E-state index contributed by atoms with van der Waals surface area (Å²) in [6, 6.07) is 8.01. The molecule has 0 amide bonds. The summed E-state index contributed by atoms with van der Waals surface area (Å²) in [6.45, 7) is 2.42. The van der Waals surface area contributed by atoms with Gasteiger partial charge in [0.05, 0.1) is 0 Å². The minimum Gasteiger partial charge on any atom is -0.445 e. The fourth-order valence-electron chi connectivity index (χ4n) is 1.60. The highest BCUT2D eigenvalue weighted by Crippen LogP contribution is 2.25. The molecule has 1 aromatic heterocycles. The molecule has 0 saturated heterocycles. The van der Waals surface area contributed by atoms with Gasteiger partial charge in [0.1, 0.15) is 11.5 Å². The highest BCUT2D eigenvalue weighted by Gasteiger charge is 2.11. The normalized spacial score (nSPS) is 10.7. The van der Waals surface area contributed by atoms with Gasteiger partial charge >= 0.3 is 0 Å². The zero-order valence-corrected chi connectivity index (χ0v) is 10.6. The SMILES string of the molecule is Cc1nc(-c2ccc(Br)cc2)c(CCN)o1. The highest BCUT2D eigenvalue weighted by atomic mass is 79.9. The van der Waals surface area contributed by atoms with Gasteiger partial charge in [-0.3, -0.25) is 0 Å². The third-order valence-corrected chi connectivity index (χ3v) is 2.82. The minimum absolute atomic E-state index is 0.568. The summed E-state index contributed by atoms with van der Waals surface area (Å²) in [5.41, 5.74) is 7.50. The first kappa shape index (κ1) is 11.4. The van der Waals surface area contributed by atoms with Crippen molar-refractivity contribution in [2.45, 2.75) is 13.3 Å². The van der Waals surface area contributed by atoms with Crippen molar-refractivity contribution < 1.29 is 4.42 Å². The molecule has 2 rings (SSSR count). The fourth-order valence-corrected chi connectivity index (χ4v) is 1.87. The zero-order valence-electron chi connectivity index (χ0n) is 9.03. The topological polar surface area (TPSA) is 52.0 Å². The Kier molecular flexibility index (Phi) is 3.41. The standard InChI is InChI=1S/C12H13BrN2O/c1-8-15-12(11(16-8)6-7-14)9-2-4-10(13)5-3-9/h2-5H,6-7,14H2,1H3. The lowest BCUT2D eigenvalue weighted by Gasteiger charge is -1.99. The number of halogens is 1. The van der Waals surface area contributed by atoms with E-state index in [0.29, 0.717) is 18.9 Å². The molecule has 16 heavy (non-hydrogen) atoms. The van der Waals surface area contributed by atoms with Gasteiger partial charge in [-0.15, -0.1) is 0 Å². The molecule has 4 heteroatoms. The number of oxazole rings is 1. The molecule has 0 bridgehead atoms. The molecule has 0 aliphatic carbocycles. The van der Waals surface area contributed by atoms with Crippen LogP contribution >= 0.6 is 15.9 Å². The van der Waals surface area contributed by atoms with Crippen molar-refractivity contribution in [1.82, 2.24) is 4.98 Å². The Morgan fingerprint density at radius 2 is 2.00 bits per heavy atom. The van der Waals surface area contributed by atoms with Crippen LogP contribution in [0, 0.1) is 6.92 Å². The zero-order chi connectivity index (χ0) is 11.5. The average molecular weight is 281 g/mol. The molecule has 1 aromatic carbocycles. The molecule has 0 unspecified atom stereocenters. The van der Waals surface area contributed by atoms with Crippen LogP contribution in [-0.2, 0) is 6.42 Å². The lowest BCUT2D eigenvalue weighted by molar-refractivity contribution is 0.476. The fraction of sp³-hybridized carbons (Fsp3) is 0.250. The van der Waals surface area contributed by atoms with Crippen molar-refractivity contribution >= 4 is 15.9 Å². The second kappa shape index (κ2) is 4.80. The summed E-state index contributed by atoms with van der Waals surface area (Å²) in [5, 5.41) is 0. The monoisotopic (exact) mass is 280 g/mol. The first-order chi connectivity index (χ1) is 7.70. The van der Waals surface area contributed by atoms with E-state index >= 15 is 0 Å². The van der Waals surface area contributed by atoms with E-state index in [1.807, 2.05) is 31.2 Å². The second-order valence-corrected chi connectivity index (χ2v) is 4.47. The van der Waals surface area contributed by atoms with E-state index in [2.05, 4.69) is 20.9 Å². The van der Waals surface area contributed by atoms with Gasteiger partial charge in [0.2, 0.25) is 0 Å². The van der Waals surface area contributed by atoms with Crippen LogP contribution in [0.5, 0.6) is 0 Å². The molecule has 0 fully saturated rings. The van der Waals surface area contributed by atoms with E-state index < -0.39 is 0 Å². The molecule has 3 nitrogen and oxygen atoms in total. The Labute approximate surface area is 103 Å². The molecule has 0 aliphatic heterocycles. The van der Waals surface area contributed by atoms with E-state index in [1.54, 1.807) is 0 Å². The summed E-state index contributed by atoms with van der Waals surface area (Å²) >= 11 is 3.41. The number of rotatable bonds is 3. The first-order valence-corrected chi connectivity index (χ1v) is 5.92. The van der Waals surface area contributed by atoms with Gasteiger partial charge in [-0.05, 0) is 18.7 Å². The Morgan fingerprint density at radius 3 is 2.62 bits per heavy atom. The maximum atomic E-state index is 5.55. The largest absolute Gasteiger partial charge is 0.445 e. The molecule has 84 valence electrons. The van der Waals surface area contributed by atoms with E-state index in [9.17, 15) is 0 Å². The van der Waals surface area contributed by atoms with E-state index in [0.717, 1.165) is 21.5 Å². The van der Waals surface area contributed by atoms with Crippen LogP contribution in [0.2, 0.25) is 0 Å². The van der Waals surface area contributed by atoms with Crippen molar-refractivity contribution in [2.75, 3.05) is 6.54 Å². The van der Waals surface area contributed by atoms with Crippen molar-refractivity contribution in [3.63, 3.8) is 0 Å². The quantitative estimate of drug-likeness (QED) is 0.941. The number of nitrogens with two attached hydrogens (primary N) is 1. The molecule has 2 aromatic rings. The van der Waals surface area contributed by atoms with Gasteiger partial charge in [-0.2, -0.15) is 0 Å². The molecule has 2 N–H and O–H groups in total. The molecule has 0 atom stereocenters. The Balaban J connectivity index is 2.42. The lowest BCUT2D eigenvalue weighted by atomic mass is 10.1. The van der Waals surface area contributed by atoms with Crippen molar-refractivity contribution in [3.8, 4) is 11.3 Å². The summed E-state index contributed by atoms with van der Waals surface area (Å²) in [7, 11) is 0. The molecule has 1 heterocycles. The molecular formula is C12H13BrN2O. The van der Waals surface area contributed by atoms with Crippen molar-refractivity contribution in [3.05, 3.63) is 40.4 Å². The maximum Gasteiger partial charge on any atom is 0.191 e. The third kappa shape index (κ3) is 2.33. The van der Waals surface area contributed by atoms with Gasteiger partial charge < -0.3 is 10.2 Å². The van der Waals surface area contributed by atoms with Gasteiger partial charge in [-0.25, -0.2) is 4.98 Å². The summed E-state index contributed by atoms with van der Waals surface area (Å²) in [5.74, 6) is 1.55. The average Bonchev–Trinajstić information content (AvgIpc) is 2.61. The van der Waals surface area contributed by atoms with Crippen molar-refractivity contribution in [2.24, 2.45) is 5.73 Å². The molecule has 0 radical (unpaired) electrons. The Morgan fingerprint density at radius 1 is 1.31 bits per heavy atom. The summed E-state index contributed by atoms with van der Waals surface area (Å²) < 4.78 is 6.59. The predicted molar refractivity (Wildman–Crippen MR) is 67.1 cm³/mol. The number of hydrogen-bond donors (Lipinski definition) is 1. The van der Waals surface area contributed by atoms with Crippen LogP contribution in [0.15, 0.2) is 33.2 Å². The minimum atomic E-state index is 0.568. The maximum absolute atomic E-state index is 5.55. The highest BCUT2D eigenvalue weighted by molar-refractivity contribution is 9.10. The predicted octanol–water partition coefficient (Wildman–Crippen LogP) is 2.91. The molecule has 0 saturated carbocycles. The van der Waals surface area contributed by atoms with Crippen LogP contribution in [0.1, 0.15) is 11.7 Å². The van der Waals surface area contributed by atoms with Crippen LogP contribution in [0.3, 0.4) is 0 Å². The molecule has 0 spiro atoms. The number of nitrogens with zero attached hydrogens (tertiary/aromatic N) is 1. The molecular weight excluding hydrogens is 268 g/mol. The smallest absolute Gasteiger partial charge is 0.191 e. The Bertz CT molecular complexity index is 476. The van der Waals surface area contributed by atoms with E-state index in [-0.39, 0.29) is 0 Å². The number of benzene rings is 1. The number of hydrogen-bond acceptors (Lipinski definition) is 3. The van der Waals surface area contributed by atoms with Gasteiger partial charge in [0.15, 0.2) is 5.89 Å². The van der Waals surface area contributed by atoms with E-state index in [4.69, 9.17) is 10.2 Å². The van der Waals surface area contributed by atoms with Gasteiger partial charge in [0.25, 0.3) is 0 Å². The second-order valence-electron chi connectivity index (χ2n) is 3.55. The lowest BCUT2D eigenvalue weighted by Crippen LogP contribution is -2.02. The van der Waals surface area contributed by atoms with Gasteiger partial charge in [-0.1, -0.05) is 28.1 Å². The summed E-state index contributed by atoms with van der Waals surface area (Å²) in [4.78, 5) is 4.39. The number of aryl methyl sites for hydroxylation is 1. The number of aromatic nitrogens is 1. The van der Waals surface area contributed by atoms with Gasteiger partial charge in [0, 0.05) is 23.4 Å². The van der Waals surface area contributed by atoms with Crippen LogP contribution < -0.4 is 5.73 Å². The van der Waals surface area contributed by atoms with E-state index in [1.165, 1.54) is 0 Å². The summed E-state index contributed by atoms with van der Waals surface area (Å²) in [6.07, 6.45) is 0.715. The third-order valence-electron chi connectivity index (χ3n) is 2.29. The van der Waals surface area contributed by atoms with Crippen LogP contribution in [0.4, 0.5) is 0 Å². The van der Waals surface area contributed by atoms with Crippen molar-refractivity contribution in [1.29, 1.82) is 0 Å². The molecule has 0 aliphatic rings. The van der Waals surface area contributed by atoms with Crippen LogP contribution in [0.25, 0.3) is 11.3 Å².